The minimum atomic E-state index is -0.0964. The average molecular weight is 395 g/mol. The summed E-state index contributed by atoms with van der Waals surface area (Å²) in [6, 6.07) is 15.5. The maximum absolute atomic E-state index is 12.2. The van der Waals surface area contributed by atoms with Crippen molar-refractivity contribution in [1.82, 2.24) is 0 Å². The molecule has 0 bridgehead atoms. The number of nitrogens with zero attached hydrogens (tertiary/aromatic N) is 1. The summed E-state index contributed by atoms with van der Waals surface area (Å²) < 4.78 is 0. The molecule has 1 fully saturated rings. The zero-order valence-corrected chi connectivity index (χ0v) is 17.2. The first-order chi connectivity index (χ1) is 14.0. The van der Waals surface area contributed by atoms with Crippen LogP contribution in [-0.4, -0.2) is 31.4 Å². The molecule has 1 aliphatic heterocycles. The predicted octanol–water partition coefficient (Wildman–Crippen LogP) is 4.32. The molecule has 0 aliphatic carbocycles. The van der Waals surface area contributed by atoms with E-state index >= 15 is 0 Å². The zero-order chi connectivity index (χ0) is 20.6. The predicted molar refractivity (Wildman–Crippen MR) is 120 cm³/mol. The molecule has 29 heavy (non-hydrogen) atoms. The third-order valence-corrected chi connectivity index (χ3v) is 5.19. The molecule has 0 saturated carbocycles. The van der Waals surface area contributed by atoms with Crippen molar-refractivity contribution < 1.29 is 9.59 Å². The molecular formula is C23H30N4O2. The first kappa shape index (κ1) is 20.7. The number of carbonyl (C=O) groups is 2. The molecule has 3 rings (SSSR count). The average Bonchev–Trinajstić information content (AvgIpc) is 2.70. The van der Waals surface area contributed by atoms with E-state index < -0.39 is 0 Å². The van der Waals surface area contributed by atoms with Gasteiger partial charge in [-0.3, -0.25) is 9.59 Å². The van der Waals surface area contributed by atoms with Gasteiger partial charge in [-0.05, 0) is 67.3 Å². The lowest BCUT2D eigenvalue weighted by atomic mass is 9.99. The summed E-state index contributed by atoms with van der Waals surface area (Å²) in [6.07, 6.45) is 2.85. The summed E-state index contributed by atoms with van der Waals surface area (Å²) in [5.74, 6) is 0.696. The summed E-state index contributed by atoms with van der Waals surface area (Å²) in [6.45, 7) is 6.53. The molecule has 0 radical (unpaired) electrons. The minimum Gasteiger partial charge on any atom is -0.385 e. The van der Waals surface area contributed by atoms with Gasteiger partial charge in [0, 0.05) is 55.7 Å². The van der Waals surface area contributed by atoms with Crippen molar-refractivity contribution in [3.8, 4) is 0 Å². The van der Waals surface area contributed by atoms with E-state index in [0.717, 1.165) is 36.1 Å². The molecule has 2 aromatic rings. The van der Waals surface area contributed by atoms with Crippen LogP contribution in [0.2, 0.25) is 0 Å². The molecule has 0 aromatic heterocycles. The minimum absolute atomic E-state index is 0.0214. The van der Waals surface area contributed by atoms with Gasteiger partial charge in [0.2, 0.25) is 11.8 Å². The Morgan fingerprint density at radius 3 is 2.07 bits per heavy atom. The van der Waals surface area contributed by atoms with Gasteiger partial charge in [0.25, 0.3) is 0 Å². The molecule has 1 saturated heterocycles. The largest absolute Gasteiger partial charge is 0.385 e. The summed E-state index contributed by atoms with van der Waals surface area (Å²) in [5.41, 5.74) is 3.71. The van der Waals surface area contributed by atoms with Crippen LogP contribution in [0.1, 0.15) is 33.1 Å². The Labute approximate surface area is 172 Å². The summed E-state index contributed by atoms with van der Waals surface area (Å²) in [4.78, 5) is 25.6. The van der Waals surface area contributed by atoms with E-state index in [2.05, 4.69) is 39.9 Å². The van der Waals surface area contributed by atoms with E-state index in [1.54, 1.807) is 0 Å². The fourth-order valence-corrected chi connectivity index (χ4v) is 3.44. The number of carbonyl (C=O) groups excluding carboxylic acids is 2. The second-order valence-electron chi connectivity index (χ2n) is 7.70. The van der Waals surface area contributed by atoms with Crippen molar-refractivity contribution >= 4 is 34.6 Å². The van der Waals surface area contributed by atoms with Crippen molar-refractivity contribution in [1.29, 1.82) is 0 Å². The molecule has 0 unspecified atom stereocenters. The molecule has 6 nitrogen and oxygen atoms in total. The lowest BCUT2D eigenvalue weighted by molar-refractivity contribution is -0.116. The lowest BCUT2D eigenvalue weighted by Crippen LogP contribution is -2.32. The smallest absolute Gasteiger partial charge is 0.226 e. The van der Waals surface area contributed by atoms with Crippen molar-refractivity contribution in [2.24, 2.45) is 5.92 Å². The molecule has 1 heterocycles. The van der Waals surface area contributed by atoms with Crippen LogP contribution in [0.5, 0.6) is 0 Å². The number of amides is 2. The summed E-state index contributed by atoms with van der Waals surface area (Å²) in [5, 5.41) is 8.89. The Bertz CT molecular complexity index is 810. The van der Waals surface area contributed by atoms with E-state index in [0.29, 0.717) is 13.0 Å². The highest BCUT2D eigenvalue weighted by Crippen LogP contribution is 2.24. The summed E-state index contributed by atoms with van der Waals surface area (Å²) >= 11 is 0. The fourth-order valence-electron chi connectivity index (χ4n) is 3.44. The number of hydrogen-bond donors (Lipinski definition) is 3. The number of rotatable bonds is 7. The van der Waals surface area contributed by atoms with Gasteiger partial charge in [0.05, 0.1) is 0 Å². The van der Waals surface area contributed by atoms with E-state index in [9.17, 15) is 9.59 Å². The topological polar surface area (TPSA) is 73.5 Å². The van der Waals surface area contributed by atoms with Crippen LogP contribution in [0.15, 0.2) is 48.5 Å². The van der Waals surface area contributed by atoms with Gasteiger partial charge in [-0.2, -0.15) is 0 Å². The van der Waals surface area contributed by atoms with E-state index in [1.807, 2.05) is 36.4 Å². The third-order valence-electron chi connectivity index (χ3n) is 5.19. The van der Waals surface area contributed by atoms with Crippen LogP contribution in [0.3, 0.4) is 0 Å². The number of piperidine rings is 1. The Morgan fingerprint density at radius 1 is 0.897 bits per heavy atom. The van der Waals surface area contributed by atoms with Gasteiger partial charge in [-0.15, -0.1) is 0 Å². The van der Waals surface area contributed by atoms with Crippen LogP contribution < -0.4 is 20.9 Å². The molecule has 154 valence electrons. The lowest BCUT2D eigenvalue weighted by Gasteiger charge is -2.32. The van der Waals surface area contributed by atoms with Crippen LogP contribution >= 0.6 is 0 Å². The standard InChI is InChI=1S/C23H30N4O2/c1-17-12-15-27(16-13-17)22-9-7-21(8-10-22)26-23(29)11-14-24-19-3-5-20(6-4-19)25-18(2)28/h3-10,17,24H,11-16H2,1-2H3,(H,25,28)(H,26,29). The van der Waals surface area contributed by atoms with Crippen LogP contribution in [0.4, 0.5) is 22.7 Å². The van der Waals surface area contributed by atoms with Crippen molar-refractivity contribution in [2.45, 2.75) is 33.1 Å². The number of hydrogen-bond acceptors (Lipinski definition) is 4. The number of anilines is 4. The highest BCUT2D eigenvalue weighted by molar-refractivity contribution is 5.91. The molecule has 2 aromatic carbocycles. The van der Waals surface area contributed by atoms with Crippen LogP contribution in [0.25, 0.3) is 0 Å². The maximum Gasteiger partial charge on any atom is 0.226 e. The van der Waals surface area contributed by atoms with Gasteiger partial charge in [-0.25, -0.2) is 0 Å². The van der Waals surface area contributed by atoms with E-state index in [1.165, 1.54) is 25.5 Å². The molecule has 3 N–H and O–H groups in total. The van der Waals surface area contributed by atoms with Crippen molar-refractivity contribution in [3.05, 3.63) is 48.5 Å². The van der Waals surface area contributed by atoms with Crippen molar-refractivity contribution in [2.75, 3.05) is 40.5 Å². The van der Waals surface area contributed by atoms with Gasteiger partial charge in [-0.1, -0.05) is 6.92 Å². The Hall–Kier alpha value is -3.02. The monoisotopic (exact) mass is 394 g/mol. The van der Waals surface area contributed by atoms with E-state index in [4.69, 9.17) is 0 Å². The van der Waals surface area contributed by atoms with Gasteiger partial charge >= 0.3 is 0 Å². The quantitative estimate of drug-likeness (QED) is 0.654. The Morgan fingerprint density at radius 2 is 1.45 bits per heavy atom. The number of nitrogens with one attached hydrogen (secondary N) is 3. The normalized spacial score (nSPS) is 14.3. The highest BCUT2D eigenvalue weighted by Gasteiger charge is 2.15. The Kier molecular flexibility index (Phi) is 7.11. The maximum atomic E-state index is 12.2. The summed E-state index contributed by atoms with van der Waals surface area (Å²) in [7, 11) is 0. The van der Waals surface area contributed by atoms with Gasteiger partial charge in [0.1, 0.15) is 0 Å². The zero-order valence-electron chi connectivity index (χ0n) is 17.2. The van der Waals surface area contributed by atoms with Gasteiger partial charge < -0.3 is 20.9 Å². The Balaban J connectivity index is 1.40. The molecule has 0 spiro atoms. The first-order valence-corrected chi connectivity index (χ1v) is 10.3. The molecule has 6 heteroatoms. The first-order valence-electron chi connectivity index (χ1n) is 10.3. The van der Waals surface area contributed by atoms with Gasteiger partial charge in [0.15, 0.2) is 0 Å². The SMILES string of the molecule is CC(=O)Nc1ccc(NCCC(=O)Nc2ccc(N3CCC(C)CC3)cc2)cc1. The molecule has 1 aliphatic rings. The van der Waals surface area contributed by atoms with Crippen LogP contribution in [-0.2, 0) is 9.59 Å². The highest BCUT2D eigenvalue weighted by atomic mass is 16.2. The van der Waals surface area contributed by atoms with E-state index in [-0.39, 0.29) is 11.8 Å². The molecule has 0 atom stereocenters. The van der Waals surface area contributed by atoms with Crippen molar-refractivity contribution in [3.63, 3.8) is 0 Å². The second-order valence-corrected chi connectivity index (χ2v) is 7.70. The third kappa shape index (κ3) is 6.52. The number of benzene rings is 2. The molecular weight excluding hydrogens is 364 g/mol. The second kappa shape index (κ2) is 9.96. The van der Waals surface area contributed by atoms with Crippen LogP contribution in [0, 0.1) is 5.92 Å². The molecule has 2 amide bonds. The fraction of sp³-hybridized carbons (Fsp3) is 0.391.